The van der Waals surface area contributed by atoms with E-state index in [4.69, 9.17) is 14.2 Å². The zero-order valence-electron chi connectivity index (χ0n) is 39.8. The molecule has 0 saturated carbocycles. The number of carbonyl (C=O) groups is 3. The summed E-state index contributed by atoms with van der Waals surface area (Å²) < 4.78 is 16.6. The molecule has 0 amide bonds. The molecule has 0 spiro atoms. The van der Waals surface area contributed by atoms with Gasteiger partial charge in [0.2, 0.25) is 0 Å². The predicted molar refractivity (Wildman–Crippen MR) is 265 cm³/mol. The van der Waals surface area contributed by atoms with Crippen LogP contribution in [-0.2, 0) is 28.6 Å². The molecule has 0 aromatic heterocycles. The van der Waals surface area contributed by atoms with Crippen molar-refractivity contribution >= 4 is 17.9 Å². The van der Waals surface area contributed by atoms with Crippen molar-refractivity contribution in [3.05, 3.63) is 109 Å². The fourth-order valence-corrected chi connectivity index (χ4v) is 6.26. The van der Waals surface area contributed by atoms with Crippen molar-refractivity contribution in [1.29, 1.82) is 0 Å². The fraction of sp³-hybridized carbons (Fsp3) is 0.625. The minimum absolute atomic E-state index is 0.135. The number of unbranched alkanes of at least 4 members (excludes halogenated alkanes) is 14. The second-order valence-electron chi connectivity index (χ2n) is 16.0. The summed E-state index contributed by atoms with van der Waals surface area (Å²) in [7, 11) is 0. The first-order valence-corrected chi connectivity index (χ1v) is 24.9. The summed E-state index contributed by atoms with van der Waals surface area (Å²) in [5.41, 5.74) is 0. The monoisotopic (exact) mass is 859 g/mol. The molecule has 0 aromatic carbocycles. The molecule has 0 aliphatic heterocycles. The molecule has 0 bridgehead atoms. The van der Waals surface area contributed by atoms with Gasteiger partial charge in [0.1, 0.15) is 13.2 Å². The van der Waals surface area contributed by atoms with Crippen LogP contribution in [0.4, 0.5) is 0 Å². The van der Waals surface area contributed by atoms with E-state index in [9.17, 15) is 14.4 Å². The largest absolute Gasteiger partial charge is 0.462 e. The third kappa shape index (κ3) is 47.1. The summed E-state index contributed by atoms with van der Waals surface area (Å²) in [4.78, 5) is 37.9. The highest BCUT2D eigenvalue weighted by molar-refractivity contribution is 5.71. The van der Waals surface area contributed by atoms with Crippen LogP contribution < -0.4 is 0 Å². The van der Waals surface area contributed by atoms with Crippen molar-refractivity contribution in [1.82, 2.24) is 0 Å². The van der Waals surface area contributed by atoms with Gasteiger partial charge in [-0.25, -0.2) is 0 Å². The van der Waals surface area contributed by atoms with E-state index in [1.165, 1.54) is 64.2 Å². The van der Waals surface area contributed by atoms with Crippen molar-refractivity contribution < 1.29 is 28.6 Å². The van der Waals surface area contributed by atoms with Crippen LogP contribution in [0.15, 0.2) is 109 Å². The Bertz CT molecular complexity index is 1310. The molecule has 1 atom stereocenters. The quantitative estimate of drug-likeness (QED) is 0.0263. The molecular formula is C56H90O6. The lowest BCUT2D eigenvalue weighted by atomic mass is 10.1. The molecule has 6 heteroatoms. The predicted octanol–water partition coefficient (Wildman–Crippen LogP) is 16.4. The molecule has 0 radical (unpaired) electrons. The van der Waals surface area contributed by atoms with Crippen molar-refractivity contribution in [3.8, 4) is 0 Å². The van der Waals surface area contributed by atoms with Crippen LogP contribution in [0.2, 0.25) is 0 Å². The first-order chi connectivity index (χ1) is 30.5. The molecule has 0 N–H and O–H groups in total. The van der Waals surface area contributed by atoms with Gasteiger partial charge in [-0.1, -0.05) is 188 Å². The summed E-state index contributed by atoms with van der Waals surface area (Å²) in [6.07, 6.45) is 66.6. The summed E-state index contributed by atoms with van der Waals surface area (Å²) in [5.74, 6) is -1.09. The Morgan fingerprint density at radius 1 is 0.339 bits per heavy atom. The highest BCUT2D eigenvalue weighted by atomic mass is 16.6. The number of allylic oxidation sites excluding steroid dienone is 18. The maximum atomic E-state index is 12.8. The Morgan fingerprint density at radius 3 is 1.16 bits per heavy atom. The molecular weight excluding hydrogens is 769 g/mol. The van der Waals surface area contributed by atoms with Gasteiger partial charge >= 0.3 is 17.9 Å². The summed E-state index contributed by atoms with van der Waals surface area (Å²) in [5, 5.41) is 0. The molecule has 0 saturated heterocycles. The lowest BCUT2D eigenvalue weighted by molar-refractivity contribution is -0.166. The van der Waals surface area contributed by atoms with Gasteiger partial charge in [-0.3, -0.25) is 14.4 Å². The molecule has 0 aliphatic carbocycles. The lowest BCUT2D eigenvalue weighted by Crippen LogP contribution is -2.30. The second kappa shape index (κ2) is 49.7. The number of esters is 3. The first-order valence-electron chi connectivity index (χ1n) is 24.9. The van der Waals surface area contributed by atoms with Crippen LogP contribution in [0.1, 0.15) is 207 Å². The van der Waals surface area contributed by atoms with Crippen molar-refractivity contribution in [3.63, 3.8) is 0 Å². The van der Waals surface area contributed by atoms with Crippen LogP contribution >= 0.6 is 0 Å². The third-order valence-electron chi connectivity index (χ3n) is 9.99. The van der Waals surface area contributed by atoms with Crippen molar-refractivity contribution in [2.45, 2.75) is 213 Å². The highest BCUT2D eigenvalue weighted by Gasteiger charge is 2.19. The average molecular weight is 859 g/mol. The van der Waals surface area contributed by atoms with Crippen LogP contribution in [0.3, 0.4) is 0 Å². The van der Waals surface area contributed by atoms with E-state index in [1.807, 2.05) is 6.08 Å². The van der Waals surface area contributed by atoms with E-state index in [2.05, 4.69) is 124 Å². The number of hydrogen-bond acceptors (Lipinski definition) is 6. The van der Waals surface area contributed by atoms with Gasteiger partial charge < -0.3 is 14.2 Å². The second-order valence-corrected chi connectivity index (χ2v) is 16.0. The van der Waals surface area contributed by atoms with Gasteiger partial charge in [-0.15, -0.1) is 0 Å². The smallest absolute Gasteiger partial charge is 0.306 e. The minimum Gasteiger partial charge on any atom is -0.462 e. The van der Waals surface area contributed by atoms with E-state index < -0.39 is 6.10 Å². The minimum atomic E-state index is -0.835. The maximum absolute atomic E-state index is 12.8. The van der Waals surface area contributed by atoms with Crippen LogP contribution in [0.25, 0.3) is 0 Å². The SMILES string of the molecule is CC/C=C\C/C=C\C/C=C\CCCCCCC(=O)OC(COC(=O)CC/C=C\C/C=C\CCCCCCCC)COC(=O)CCC/C=C\C/C=C\C/C=C\C/C=C\CCCCC. The van der Waals surface area contributed by atoms with Crippen LogP contribution in [0, 0.1) is 0 Å². The Balaban J connectivity index is 4.59. The molecule has 6 nitrogen and oxygen atoms in total. The topological polar surface area (TPSA) is 78.9 Å². The average Bonchev–Trinajstić information content (AvgIpc) is 3.27. The van der Waals surface area contributed by atoms with Gasteiger partial charge in [0.25, 0.3) is 0 Å². The zero-order chi connectivity index (χ0) is 45.1. The Kier molecular flexibility index (Phi) is 46.6. The molecule has 350 valence electrons. The fourth-order valence-electron chi connectivity index (χ4n) is 6.26. The normalized spacial score (nSPS) is 13.0. The molecule has 0 rings (SSSR count). The Morgan fingerprint density at radius 2 is 0.677 bits per heavy atom. The summed E-state index contributed by atoms with van der Waals surface area (Å²) >= 11 is 0. The number of ether oxygens (including phenoxy) is 3. The van der Waals surface area contributed by atoms with Gasteiger partial charge in [-0.05, 0) is 109 Å². The Labute approximate surface area is 380 Å². The highest BCUT2D eigenvalue weighted by Crippen LogP contribution is 2.11. The molecule has 0 fully saturated rings. The number of carbonyl (C=O) groups excluding carboxylic acids is 3. The van der Waals surface area contributed by atoms with Gasteiger partial charge in [0.05, 0.1) is 0 Å². The summed E-state index contributed by atoms with van der Waals surface area (Å²) in [6.45, 7) is 6.34. The van der Waals surface area contributed by atoms with E-state index in [0.717, 1.165) is 89.9 Å². The molecule has 62 heavy (non-hydrogen) atoms. The molecule has 0 aromatic rings. The van der Waals surface area contributed by atoms with Crippen LogP contribution in [-0.4, -0.2) is 37.2 Å². The molecule has 1 unspecified atom stereocenters. The van der Waals surface area contributed by atoms with Gasteiger partial charge in [0, 0.05) is 19.3 Å². The van der Waals surface area contributed by atoms with E-state index in [1.54, 1.807) is 0 Å². The van der Waals surface area contributed by atoms with E-state index in [-0.39, 0.29) is 50.4 Å². The number of rotatable bonds is 43. The lowest BCUT2D eigenvalue weighted by Gasteiger charge is -2.18. The number of hydrogen-bond donors (Lipinski definition) is 0. The Hall–Kier alpha value is -3.93. The standard InChI is InChI=1S/C56H90O6/c1-4-7-10-13-16-19-22-25-27-28-29-32-34-37-40-43-46-49-55(58)61-52-53(51-60-54(57)48-45-42-39-36-33-30-24-21-18-15-12-9-6-3)62-56(59)50-47-44-41-38-35-31-26-23-20-17-14-11-8-5-2/h8,11,16-17,19-20,25-27,29-33,37,39-40,42,53H,4-7,9-10,12-15,18,21-24,28,34-36,38,41,43-52H2,1-3H3/b11-8-,19-16-,20-17-,27-25-,31-26-,32-29-,33-30-,40-37-,42-39-. The third-order valence-corrected chi connectivity index (χ3v) is 9.99. The van der Waals surface area contributed by atoms with Crippen molar-refractivity contribution in [2.24, 2.45) is 0 Å². The molecule has 0 heterocycles. The van der Waals surface area contributed by atoms with Crippen LogP contribution in [0.5, 0.6) is 0 Å². The summed E-state index contributed by atoms with van der Waals surface area (Å²) in [6, 6.07) is 0. The van der Waals surface area contributed by atoms with E-state index >= 15 is 0 Å². The van der Waals surface area contributed by atoms with Gasteiger partial charge in [0.15, 0.2) is 6.10 Å². The van der Waals surface area contributed by atoms with Gasteiger partial charge in [-0.2, -0.15) is 0 Å². The van der Waals surface area contributed by atoms with Crippen molar-refractivity contribution in [2.75, 3.05) is 13.2 Å². The molecule has 0 aliphatic rings. The first kappa shape index (κ1) is 58.1. The van der Waals surface area contributed by atoms with E-state index in [0.29, 0.717) is 12.8 Å². The maximum Gasteiger partial charge on any atom is 0.306 e. The zero-order valence-corrected chi connectivity index (χ0v) is 39.8.